The van der Waals surface area contributed by atoms with Crippen LogP contribution in [0.1, 0.15) is 5.56 Å². The summed E-state index contributed by atoms with van der Waals surface area (Å²) in [5.41, 5.74) is 1.40. The number of benzene rings is 2. The van der Waals surface area contributed by atoms with Crippen LogP contribution < -0.4 is 92.5 Å². The van der Waals surface area contributed by atoms with Crippen LogP contribution in [-0.2, 0) is 23.7 Å². The Morgan fingerprint density at radius 2 is 1.43 bits per heavy atom. The third-order valence-corrected chi connectivity index (χ3v) is 7.75. The first-order valence-electron chi connectivity index (χ1n) is 11.6. The molecule has 0 spiro atoms. The monoisotopic (exact) mass is 590 g/mol. The number of phosphoric ester groups is 1. The molecule has 2 amide bonds. The van der Waals surface area contributed by atoms with E-state index in [0.717, 1.165) is 4.90 Å². The van der Waals surface area contributed by atoms with Gasteiger partial charge in [0.2, 0.25) is 17.6 Å². The van der Waals surface area contributed by atoms with Crippen LogP contribution in [-0.4, -0.2) is 57.2 Å². The Bertz CT molecular complexity index is 1390. The summed E-state index contributed by atoms with van der Waals surface area (Å²) in [5.74, 6) is -1.81. The second kappa shape index (κ2) is 11.6. The van der Waals surface area contributed by atoms with Crippen LogP contribution in [0.4, 0.5) is 5.69 Å². The Kier molecular flexibility index (Phi) is 9.05. The van der Waals surface area contributed by atoms with Gasteiger partial charge >= 0.3 is 59.1 Å². The van der Waals surface area contributed by atoms with Crippen molar-refractivity contribution in [1.82, 2.24) is 0 Å². The zero-order valence-corrected chi connectivity index (χ0v) is 27.2. The van der Waals surface area contributed by atoms with Crippen LogP contribution in [0, 0.1) is 17.8 Å². The van der Waals surface area contributed by atoms with Gasteiger partial charge in [-0.3, -0.25) is 9.59 Å². The van der Waals surface area contributed by atoms with Gasteiger partial charge < -0.3 is 42.7 Å². The summed E-state index contributed by atoms with van der Waals surface area (Å²) >= 11 is 0. The third kappa shape index (κ3) is 4.90. The number of methoxy groups -OCH3 is 3. The smallest absolute Gasteiger partial charge is 0.780 e. The number of ether oxygens (including phenoxy) is 4. The molecule has 6 unspecified atom stereocenters. The molecule has 40 heavy (non-hydrogen) atoms. The molecule has 3 fully saturated rings. The largest absolute Gasteiger partial charge is 1.00 e. The standard InChI is InChI=1S/C24H23N2O11P.2Na/c1-32-13-8-10(9-14(33-2)19(13)34-3)18-17-20-15-16(21(35-20)22(17)36-25-18)24(28)26(23(15)27)11-4-6-12(7-5-11)37-38(29,30)31;;/h4-9,15-17,20-22H,1-3H3,(H2,29,30,31);;/q;2*+1/p-2. The molecule has 200 valence electrons. The van der Waals surface area contributed by atoms with E-state index in [9.17, 15) is 23.9 Å². The molecule has 0 aromatic heterocycles. The molecular formula is C24H21N2Na2O11P. The maximum absolute atomic E-state index is 13.5. The SMILES string of the molecule is COc1cc(C2=NOC3C4OC(C23)C2C(=O)N(c3ccc(OP(=O)([O-])[O-])cc3)C(=O)C42)cc(OC)c1OC.[Na+].[Na+]. The maximum Gasteiger partial charge on any atom is 1.00 e. The van der Waals surface area contributed by atoms with Crippen LogP contribution in [0.15, 0.2) is 41.6 Å². The van der Waals surface area contributed by atoms with Gasteiger partial charge in [-0.1, -0.05) is 5.16 Å². The number of carbonyl (C=O) groups excluding carboxylic acids is 2. The Morgan fingerprint density at radius 1 is 0.850 bits per heavy atom. The number of hydrogen-bond acceptors (Lipinski definition) is 12. The van der Waals surface area contributed by atoms with Gasteiger partial charge in [-0.25, -0.2) is 4.90 Å². The Balaban J connectivity index is 0.00000185. The number of amides is 2. The summed E-state index contributed by atoms with van der Waals surface area (Å²) in [6, 6.07) is 8.54. The molecule has 16 heteroatoms. The third-order valence-electron chi connectivity index (χ3n) is 7.31. The minimum atomic E-state index is -5.25. The van der Waals surface area contributed by atoms with Crippen molar-refractivity contribution in [3.63, 3.8) is 0 Å². The van der Waals surface area contributed by atoms with Crippen molar-refractivity contribution < 1.29 is 111 Å². The van der Waals surface area contributed by atoms with E-state index in [2.05, 4.69) is 9.68 Å². The molecule has 0 saturated carbocycles. The van der Waals surface area contributed by atoms with E-state index in [1.165, 1.54) is 45.6 Å². The van der Waals surface area contributed by atoms with Gasteiger partial charge in [0.1, 0.15) is 19.7 Å². The fraction of sp³-hybridized carbons (Fsp3) is 0.375. The summed E-state index contributed by atoms with van der Waals surface area (Å²) in [4.78, 5) is 55.4. The summed E-state index contributed by atoms with van der Waals surface area (Å²) in [7, 11) is -0.752. The number of fused-ring (bicyclic) bond motifs is 8. The molecule has 3 saturated heterocycles. The van der Waals surface area contributed by atoms with Gasteiger partial charge in [0.05, 0.1) is 56.6 Å². The van der Waals surface area contributed by atoms with E-state index >= 15 is 0 Å². The number of rotatable bonds is 7. The Hall–Kier alpha value is -1.64. The zero-order chi connectivity index (χ0) is 26.9. The van der Waals surface area contributed by atoms with Crippen molar-refractivity contribution in [2.75, 3.05) is 26.2 Å². The number of imide groups is 1. The molecule has 6 atom stereocenters. The normalized spacial score (nSPS) is 27.6. The topological polar surface area (TPSA) is 168 Å². The molecule has 13 nitrogen and oxygen atoms in total. The second-order valence-corrected chi connectivity index (χ2v) is 10.2. The van der Waals surface area contributed by atoms with E-state index in [1.54, 1.807) is 12.1 Å². The summed E-state index contributed by atoms with van der Waals surface area (Å²) in [6.45, 7) is 0. The first kappa shape index (κ1) is 31.3. The van der Waals surface area contributed by atoms with Crippen LogP contribution in [0.2, 0.25) is 0 Å². The van der Waals surface area contributed by atoms with Gasteiger partial charge in [0, 0.05) is 5.56 Å². The first-order chi connectivity index (χ1) is 18.2. The van der Waals surface area contributed by atoms with E-state index in [4.69, 9.17) is 23.8 Å². The van der Waals surface area contributed by atoms with Crippen molar-refractivity contribution in [2.45, 2.75) is 18.3 Å². The van der Waals surface area contributed by atoms with Gasteiger partial charge in [-0.15, -0.1) is 0 Å². The fourth-order valence-corrected chi connectivity index (χ4v) is 6.24. The summed E-state index contributed by atoms with van der Waals surface area (Å²) in [6.07, 6.45) is -1.91. The zero-order valence-electron chi connectivity index (χ0n) is 22.3. The molecule has 0 radical (unpaired) electrons. The predicted molar refractivity (Wildman–Crippen MR) is 124 cm³/mol. The van der Waals surface area contributed by atoms with E-state index in [-0.39, 0.29) is 70.6 Å². The molecule has 2 aromatic rings. The number of nitrogens with zero attached hydrogens (tertiary/aromatic N) is 2. The predicted octanol–water partition coefficient (Wildman–Crippen LogP) is -5.77. The van der Waals surface area contributed by atoms with Crippen LogP contribution in [0.5, 0.6) is 23.0 Å². The van der Waals surface area contributed by atoms with Crippen molar-refractivity contribution in [1.29, 1.82) is 0 Å². The molecule has 4 aliphatic heterocycles. The minimum Gasteiger partial charge on any atom is -0.780 e. The van der Waals surface area contributed by atoms with E-state index < -0.39 is 55.7 Å². The van der Waals surface area contributed by atoms with Crippen LogP contribution in [0.25, 0.3) is 0 Å². The number of hydrogen-bond donors (Lipinski definition) is 0. The van der Waals surface area contributed by atoms with E-state index in [1.807, 2.05) is 0 Å². The average molecular weight is 590 g/mol. The van der Waals surface area contributed by atoms with Crippen molar-refractivity contribution in [2.24, 2.45) is 22.9 Å². The average Bonchev–Trinajstić information content (AvgIpc) is 3.63. The minimum absolute atomic E-state index is 0. The second-order valence-electron chi connectivity index (χ2n) is 9.15. The maximum atomic E-state index is 13.5. The number of anilines is 1. The summed E-state index contributed by atoms with van der Waals surface area (Å²) in [5, 5.41) is 4.29. The van der Waals surface area contributed by atoms with Gasteiger partial charge in [0.15, 0.2) is 17.6 Å². The van der Waals surface area contributed by atoms with Crippen molar-refractivity contribution in [3.8, 4) is 23.0 Å². The fourth-order valence-electron chi connectivity index (χ4n) is 5.86. The molecule has 2 aromatic carbocycles. The molecular weight excluding hydrogens is 569 g/mol. The van der Waals surface area contributed by atoms with Gasteiger partial charge in [-0.2, -0.15) is 0 Å². The quantitative estimate of drug-likeness (QED) is 0.171. The Morgan fingerprint density at radius 3 is 1.95 bits per heavy atom. The van der Waals surface area contributed by atoms with Crippen LogP contribution in [0.3, 0.4) is 0 Å². The van der Waals surface area contributed by atoms with Gasteiger partial charge in [0.25, 0.3) is 0 Å². The molecule has 0 N–H and O–H groups in total. The number of oxime groups is 1. The summed E-state index contributed by atoms with van der Waals surface area (Å²) < 4.78 is 37.6. The Labute approximate surface area is 272 Å². The number of phosphoric acid groups is 1. The molecule has 0 aliphatic carbocycles. The first-order valence-corrected chi connectivity index (χ1v) is 13.0. The van der Waals surface area contributed by atoms with Crippen molar-refractivity contribution >= 4 is 31.0 Å². The van der Waals surface area contributed by atoms with Crippen LogP contribution >= 0.6 is 7.82 Å². The number of carbonyl (C=O) groups is 2. The molecule has 4 aliphatic rings. The molecule has 2 bridgehead atoms. The van der Waals surface area contributed by atoms with E-state index in [0.29, 0.717) is 28.5 Å². The molecule has 6 rings (SSSR count). The van der Waals surface area contributed by atoms with Crippen molar-refractivity contribution in [3.05, 3.63) is 42.0 Å². The van der Waals surface area contributed by atoms with Gasteiger partial charge in [-0.05, 0) is 36.4 Å². The molecule has 4 heterocycles.